The average Bonchev–Trinajstić information content (AvgIpc) is 3.15. The van der Waals surface area contributed by atoms with E-state index < -0.39 is 15.4 Å². The van der Waals surface area contributed by atoms with Crippen LogP contribution in [0.5, 0.6) is 0 Å². The van der Waals surface area contributed by atoms with Crippen molar-refractivity contribution in [2.75, 3.05) is 19.6 Å². The molecule has 0 saturated carbocycles. The highest BCUT2D eigenvalue weighted by atomic mass is 32.2. The molecule has 0 amide bonds. The van der Waals surface area contributed by atoms with E-state index in [0.717, 1.165) is 29.1 Å². The van der Waals surface area contributed by atoms with Gasteiger partial charge in [0.15, 0.2) is 11.6 Å². The Labute approximate surface area is 188 Å². The van der Waals surface area contributed by atoms with Gasteiger partial charge >= 0.3 is 0 Å². The van der Waals surface area contributed by atoms with Crippen LogP contribution in [0.2, 0.25) is 0 Å². The summed E-state index contributed by atoms with van der Waals surface area (Å²) in [6.07, 6.45) is 2.40. The first-order valence-corrected chi connectivity index (χ1v) is 12.6. The van der Waals surface area contributed by atoms with Crippen molar-refractivity contribution in [1.82, 2.24) is 14.6 Å². The largest absolute Gasteiger partial charge is 0.342 e. The van der Waals surface area contributed by atoms with Gasteiger partial charge in [0, 0.05) is 53.2 Å². The third-order valence-electron chi connectivity index (χ3n) is 7.15. The van der Waals surface area contributed by atoms with Gasteiger partial charge in [0.2, 0.25) is 10.0 Å². The third-order valence-corrected chi connectivity index (χ3v) is 9.03. The number of hydrogen-bond donors (Lipinski definition) is 1. The molecule has 5 rings (SSSR count). The molecule has 1 aromatic heterocycles. The number of dihydropyridines is 1. The van der Waals surface area contributed by atoms with E-state index in [-0.39, 0.29) is 16.1 Å². The van der Waals surface area contributed by atoms with Crippen molar-refractivity contribution in [1.29, 1.82) is 0 Å². The van der Waals surface area contributed by atoms with Crippen LogP contribution in [0.3, 0.4) is 0 Å². The Morgan fingerprint density at radius 3 is 2.38 bits per heavy atom. The van der Waals surface area contributed by atoms with Crippen LogP contribution in [0.15, 0.2) is 49.9 Å². The third kappa shape index (κ3) is 3.25. The number of pyridine rings is 1. The van der Waals surface area contributed by atoms with Crippen LogP contribution in [0, 0.1) is 24.7 Å². The number of sulfonamides is 1. The van der Waals surface area contributed by atoms with Gasteiger partial charge in [0.25, 0.3) is 0 Å². The van der Waals surface area contributed by atoms with Gasteiger partial charge in [0.05, 0.1) is 11.4 Å². The molecule has 1 aromatic rings. The van der Waals surface area contributed by atoms with Crippen molar-refractivity contribution >= 4 is 15.8 Å². The van der Waals surface area contributed by atoms with Crippen LogP contribution in [0.25, 0.3) is 0 Å². The zero-order valence-electron chi connectivity index (χ0n) is 19.0. The zero-order chi connectivity index (χ0) is 22.9. The van der Waals surface area contributed by atoms with E-state index in [1.807, 2.05) is 0 Å². The van der Waals surface area contributed by atoms with E-state index in [4.69, 9.17) is 0 Å². The average molecular weight is 456 g/mol. The lowest BCUT2D eigenvalue weighted by Gasteiger charge is -2.48. The van der Waals surface area contributed by atoms with Crippen LogP contribution >= 0.6 is 0 Å². The van der Waals surface area contributed by atoms with Crippen LogP contribution in [-0.4, -0.2) is 43.1 Å². The SMILES string of the molecule is Cc1cc(S(=O)(=O)N2CCC3(CC2)C2=C(N=NC2)NC2=C3C(=O)CC(C)(C)C2)cc(C)n1. The monoisotopic (exact) mass is 455 g/mol. The van der Waals surface area contributed by atoms with Gasteiger partial charge in [-0.1, -0.05) is 13.8 Å². The molecule has 1 aliphatic carbocycles. The van der Waals surface area contributed by atoms with Crippen LogP contribution in [0.1, 0.15) is 50.9 Å². The number of rotatable bonds is 2. The second-order valence-corrected chi connectivity index (χ2v) is 12.2. The Balaban J connectivity index is 1.50. The fourth-order valence-corrected chi connectivity index (χ4v) is 7.42. The summed E-state index contributed by atoms with van der Waals surface area (Å²) in [4.78, 5) is 17.9. The summed E-state index contributed by atoms with van der Waals surface area (Å²) in [7, 11) is -3.63. The second kappa shape index (κ2) is 7.05. The number of Topliss-reactive ketones (excluding diaryl/α,β-unsaturated/α-hetero) is 1. The first-order valence-electron chi connectivity index (χ1n) is 11.1. The highest BCUT2D eigenvalue weighted by Gasteiger charge is 2.53. The molecule has 0 unspecified atom stereocenters. The van der Waals surface area contributed by atoms with Crippen molar-refractivity contribution in [3.63, 3.8) is 0 Å². The van der Waals surface area contributed by atoms with E-state index in [9.17, 15) is 13.2 Å². The van der Waals surface area contributed by atoms with Crippen molar-refractivity contribution in [3.8, 4) is 0 Å². The predicted molar refractivity (Wildman–Crippen MR) is 119 cm³/mol. The lowest BCUT2D eigenvalue weighted by atomic mass is 9.60. The topological polar surface area (TPSA) is 104 Å². The quantitative estimate of drug-likeness (QED) is 0.736. The minimum absolute atomic E-state index is 0.112. The number of nitrogens with zero attached hydrogens (tertiary/aromatic N) is 4. The first kappa shape index (κ1) is 21.5. The number of hydrogen-bond acceptors (Lipinski definition) is 7. The number of ketones is 1. The smallest absolute Gasteiger partial charge is 0.243 e. The number of allylic oxidation sites excluding steroid dienone is 2. The Hall–Kier alpha value is -2.39. The molecule has 1 N–H and O–H groups in total. The number of azo groups is 1. The molecule has 3 aliphatic heterocycles. The highest BCUT2D eigenvalue weighted by Crippen LogP contribution is 2.55. The van der Waals surface area contributed by atoms with Crippen LogP contribution < -0.4 is 5.32 Å². The molecule has 1 saturated heterocycles. The molecule has 1 fully saturated rings. The minimum atomic E-state index is -3.63. The molecule has 0 radical (unpaired) electrons. The van der Waals surface area contributed by atoms with Crippen LogP contribution in [-0.2, 0) is 14.8 Å². The Bertz CT molecular complexity index is 1200. The molecular weight excluding hydrogens is 426 g/mol. The molecule has 0 bridgehead atoms. The van der Waals surface area contributed by atoms with Crippen molar-refractivity contribution < 1.29 is 13.2 Å². The standard InChI is InChI=1S/C23H29N5O3S/c1-14-9-16(10-15(2)25-14)32(30,31)28-7-5-23(6-8-28)17-13-24-27-21(17)26-18-11-22(3,4)12-19(29)20(18)23/h9-10,26H,5-8,11-13H2,1-4H3. The number of carbonyl (C=O) groups excluding carboxylic acids is 1. The summed E-state index contributed by atoms with van der Waals surface area (Å²) in [6, 6.07) is 3.25. The molecule has 8 nitrogen and oxygen atoms in total. The summed E-state index contributed by atoms with van der Waals surface area (Å²) in [5.74, 6) is 0.921. The van der Waals surface area contributed by atoms with Gasteiger partial charge < -0.3 is 5.32 Å². The van der Waals surface area contributed by atoms with E-state index in [2.05, 4.69) is 34.4 Å². The zero-order valence-corrected chi connectivity index (χ0v) is 19.8. The first-order chi connectivity index (χ1) is 15.0. The molecule has 4 heterocycles. The number of piperidine rings is 1. The Morgan fingerprint density at radius 1 is 1.06 bits per heavy atom. The van der Waals surface area contributed by atoms with Crippen LogP contribution in [0.4, 0.5) is 0 Å². The predicted octanol–water partition coefficient (Wildman–Crippen LogP) is 3.39. The maximum absolute atomic E-state index is 13.4. The van der Waals surface area contributed by atoms with E-state index in [0.29, 0.717) is 50.3 Å². The maximum atomic E-state index is 13.4. The maximum Gasteiger partial charge on any atom is 0.243 e. The lowest BCUT2D eigenvalue weighted by molar-refractivity contribution is -0.119. The molecule has 32 heavy (non-hydrogen) atoms. The van der Waals surface area contributed by atoms with Gasteiger partial charge in [0.1, 0.15) is 0 Å². The molecular formula is C23H29N5O3S. The number of aromatic nitrogens is 1. The summed E-state index contributed by atoms with van der Waals surface area (Å²) in [5, 5.41) is 12.0. The molecule has 170 valence electrons. The van der Waals surface area contributed by atoms with E-state index in [1.54, 1.807) is 30.3 Å². The summed E-state index contributed by atoms with van der Waals surface area (Å²) < 4.78 is 28.3. The molecule has 0 atom stereocenters. The number of fused-ring (bicyclic) bond motifs is 2. The Morgan fingerprint density at radius 2 is 1.72 bits per heavy atom. The molecule has 4 aliphatic rings. The van der Waals surface area contributed by atoms with Crippen molar-refractivity contribution in [2.45, 2.75) is 58.3 Å². The highest BCUT2D eigenvalue weighted by molar-refractivity contribution is 7.89. The van der Waals surface area contributed by atoms with Crippen molar-refractivity contribution in [2.24, 2.45) is 21.1 Å². The van der Waals surface area contributed by atoms with Gasteiger partial charge in [-0.25, -0.2) is 8.42 Å². The fraction of sp³-hybridized carbons (Fsp3) is 0.565. The second-order valence-electron chi connectivity index (χ2n) is 10.2. The number of carbonyl (C=O) groups is 1. The number of aryl methyl sites for hydroxylation is 2. The molecule has 0 aromatic carbocycles. The lowest BCUT2D eigenvalue weighted by Crippen LogP contribution is -2.50. The van der Waals surface area contributed by atoms with Crippen molar-refractivity contribution in [3.05, 3.63) is 46.2 Å². The van der Waals surface area contributed by atoms with Gasteiger partial charge in [-0.3, -0.25) is 9.78 Å². The Kier molecular flexibility index (Phi) is 4.73. The van der Waals surface area contributed by atoms with E-state index in [1.165, 1.54) is 0 Å². The summed E-state index contributed by atoms with van der Waals surface area (Å²) >= 11 is 0. The van der Waals surface area contributed by atoms with Gasteiger partial charge in [-0.05, 0) is 50.7 Å². The number of nitrogens with one attached hydrogen (secondary N) is 1. The molecule has 9 heteroatoms. The minimum Gasteiger partial charge on any atom is -0.342 e. The fourth-order valence-electron chi connectivity index (χ4n) is 5.82. The van der Waals surface area contributed by atoms with Gasteiger partial charge in [-0.15, -0.1) is 5.11 Å². The summed E-state index contributed by atoms with van der Waals surface area (Å²) in [5.41, 5.74) is 3.60. The van der Waals surface area contributed by atoms with Gasteiger partial charge in [-0.2, -0.15) is 9.42 Å². The van der Waals surface area contributed by atoms with E-state index >= 15 is 0 Å². The molecule has 1 spiro atoms. The normalized spacial score (nSPS) is 24.6. The summed E-state index contributed by atoms with van der Waals surface area (Å²) in [6.45, 7) is 8.99.